The molecule has 0 fully saturated rings. The highest BCUT2D eigenvalue weighted by Crippen LogP contribution is 2.06. The van der Waals surface area contributed by atoms with E-state index in [4.69, 9.17) is 5.11 Å². The molecule has 0 radical (unpaired) electrons. The van der Waals surface area contributed by atoms with Crippen LogP contribution in [0.1, 0.15) is 33.1 Å². The molecule has 0 spiro atoms. The Morgan fingerprint density at radius 1 is 1.60 bits per heavy atom. The molecule has 10 heavy (non-hydrogen) atoms. The number of aliphatic carboxylic acids is 1. The summed E-state index contributed by atoms with van der Waals surface area (Å²) in [5.41, 5.74) is 0.529. The molecule has 0 saturated carbocycles. The average Bonchev–Trinajstić information content (AvgIpc) is 1.89. The highest BCUT2D eigenvalue weighted by Gasteiger charge is 2.02. The third-order valence-electron chi connectivity index (χ3n) is 1.42. The number of carbonyl (C=O) groups is 1. The molecule has 1 N–H and O–H groups in total. The fourth-order valence-corrected chi connectivity index (χ4v) is 0.742. The van der Waals surface area contributed by atoms with Crippen LogP contribution in [-0.4, -0.2) is 11.1 Å². The Bertz CT molecular complexity index is 136. The summed E-state index contributed by atoms with van der Waals surface area (Å²) in [7, 11) is 0. The Hall–Kier alpha value is -0.790. The van der Waals surface area contributed by atoms with Gasteiger partial charge in [-0.2, -0.15) is 0 Å². The number of carboxylic acid groups (broad SMARTS) is 1. The highest BCUT2D eigenvalue weighted by molar-refractivity contribution is 5.86. The van der Waals surface area contributed by atoms with Crippen LogP contribution in [0.2, 0.25) is 0 Å². The zero-order chi connectivity index (χ0) is 7.98. The predicted octanol–water partition coefficient (Wildman–Crippen LogP) is 2.21. The van der Waals surface area contributed by atoms with Crippen LogP contribution in [0.4, 0.5) is 0 Å². The molecule has 0 heterocycles. The second-order valence-corrected chi connectivity index (χ2v) is 2.22. The van der Waals surface area contributed by atoms with Crippen LogP contribution in [-0.2, 0) is 4.79 Å². The molecule has 2 heteroatoms. The largest absolute Gasteiger partial charge is 0.478 e. The van der Waals surface area contributed by atoms with Gasteiger partial charge in [-0.3, -0.25) is 0 Å². The minimum Gasteiger partial charge on any atom is -0.478 e. The average molecular weight is 142 g/mol. The maximum atomic E-state index is 10.4. The third kappa shape index (κ3) is 3.28. The van der Waals surface area contributed by atoms with Crippen LogP contribution in [0.25, 0.3) is 0 Å². The van der Waals surface area contributed by atoms with Crippen LogP contribution in [0, 0.1) is 0 Å². The summed E-state index contributed by atoms with van der Waals surface area (Å²) >= 11 is 0. The number of unbranched alkanes of at least 4 members (excludes halogenated alkanes) is 1. The van der Waals surface area contributed by atoms with Crippen molar-refractivity contribution in [2.75, 3.05) is 0 Å². The number of allylic oxidation sites excluding steroid dienone is 1. The number of hydrogen-bond acceptors (Lipinski definition) is 1. The first-order valence-electron chi connectivity index (χ1n) is 3.60. The van der Waals surface area contributed by atoms with Gasteiger partial charge in [-0.05, 0) is 19.8 Å². The van der Waals surface area contributed by atoms with Gasteiger partial charge in [0.15, 0.2) is 0 Å². The van der Waals surface area contributed by atoms with Gasteiger partial charge in [0, 0.05) is 5.57 Å². The van der Waals surface area contributed by atoms with Crippen molar-refractivity contribution >= 4 is 5.97 Å². The maximum Gasteiger partial charge on any atom is 0.331 e. The number of hydrogen-bond donors (Lipinski definition) is 1. The van der Waals surface area contributed by atoms with E-state index in [2.05, 4.69) is 6.92 Å². The van der Waals surface area contributed by atoms with Crippen molar-refractivity contribution in [2.24, 2.45) is 0 Å². The summed E-state index contributed by atoms with van der Waals surface area (Å²) in [6, 6.07) is 0. The van der Waals surface area contributed by atoms with Gasteiger partial charge in [0.1, 0.15) is 0 Å². The molecule has 0 atom stereocenters. The van der Waals surface area contributed by atoms with Crippen molar-refractivity contribution in [1.29, 1.82) is 0 Å². The Balaban J connectivity index is 3.74. The fourth-order valence-electron chi connectivity index (χ4n) is 0.742. The van der Waals surface area contributed by atoms with E-state index in [0.29, 0.717) is 12.0 Å². The first-order chi connectivity index (χ1) is 4.72. The minimum atomic E-state index is -0.782. The van der Waals surface area contributed by atoms with E-state index in [0.717, 1.165) is 12.8 Å². The molecule has 0 aliphatic rings. The minimum absolute atomic E-state index is 0.529. The molecular weight excluding hydrogens is 128 g/mol. The lowest BCUT2D eigenvalue weighted by molar-refractivity contribution is -0.132. The third-order valence-corrected chi connectivity index (χ3v) is 1.42. The molecule has 0 amide bonds. The van der Waals surface area contributed by atoms with Gasteiger partial charge in [0.2, 0.25) is 0 Å². The first kappa shape index (κ1) is 9.21. The zero-order valence-corrected chi connectivity index (χ0v) is 6.55. The lowest BCUT2D eigenvalue weighted by atomic mass is 10.1. The van der Waals surface area contributed by atoms with Gasteiger partial charge < -0.3 is 5.11 Å². The van der Waals surface area contributed by atoms with Gasteiger partial charge in [0.05, 0.1) is 0 Å². The molecular formula is C8H14O2. The normalized spacial score (nSPS) is 11.6. The summed E-state index contributed by atoms with van der Waals surface area (Å²) in [5.74, 6) is -0.782. The molecule has 2 nitrogen and oxygen atoms in total. The molecule has 0 aromatic rings. The van der Waals surface area contributed by atoms with Crippen LogP contribution in [0.5, 0.6) is 0 Å². The summed E-state index contributed by atoms with van der Waals surface area (Å²) in [4.78, 5) is 10.4. The summed E-state index contributed by atoms with van der Waals surface area (Å²) in [6.07, 6.45) is 4.37. The van der Waals surface area contributed by atoms with E-state index in [9.17, 15) is 4.79 Å². The fraction of sp³-hybridized carbons (Fsp3) is 0.625. The maximum absolute atomic E-state index is 10.4. The molecule has 0 aromatic carbocycles. The quantitative estimate of drug-likeness (QED) is 0.611. The second kappa shape index (κ2) is 5.03. The molecule has 0 bridgehead atoms. The van der Waals surface area contributed by atoms with E-state index >= 15 is 0 Å². The van der Waals surface area contributed by atoms with Crippen LogP contribution in [0.3, 0.4) is 0 Å². The van der Waals surface area contributed by atoms with Gasteiger partial charge in [0.25, 0.3) is 0 Å². The van der Waals surface area contributed by atoms with E-state index in [1.807, 2.05) is 0 Å². The smallest absolute Gasteiger partial charge is 0.331 e. The molecule has 58 valence electrons. The van der Waals surface area contributed by atoms with Crippen molar-refractivity contribution in [3.8, 4) is 0 Å². The summed E-state index contributed by atoms with van der Waals surface area (Å²) in [6.45, 7) is 3.81. The van der Waals surface area contributed by atoms with E-state index < -0.39 is 5.97 Å². The van der Waals surface area contributed by atoms with Gasteiger partial charge in [-0.25, -0.2) is 4.79 Å². The van der Waals surface area contributed by atoms with Crippen molar-refractivity contribution in [3.63, 3.8) is 0 Å². The van der Waals surface area contributed by atoms with Gasteiger partial charge in [-0.1, -0.05) is 19.4 Å². The molecule has 0 aromatic heterocycles. The lowest BCUT2D eigenvalue weighted by Crippen LogP contribution is -1.99. The Morgan fingerprint density at radius 2 is 2.20 bits per heavy atom. The van der Waals surface area contributed by atoms with E-state index in [1.54, 1.807) is 13.0 Å². The zero-order valence-electron chi connectivity index (χ0n) is 6.55. The first-order valence-corrected chi connectivity index (χ1v) is 3.60. The summed E-state index contributed by atoms with van der Waals surface area (Å²) in [5, 5.41) is 8.53. The Morgan fingerprint density at radius 3 is 2.50 bits per heavy atom. The predicted molar refractivity (Wildman–Crippen MR) is 40.9 cm³/mol. The van der Waals surface area contributed by atoms with Crippen LogP contribution < -0.4 is 0 Å². The van der Waals surface area contributed by atoms with Crippen molar-refractivity contribution in [1.82, 2.24) is 0 Å². The summed E-state index contributed by atoms with van der Waals surface area (Å²) < 4.78 is 0. The van der Waals surface area contributed by atoms with Gasteiger partial charge >= 0.3 is 5.97 Å². The van der Waals surface area contributed by atoms with Gasteiger partial charge in [-0.15, -0.1) is 0 Å². The lowest BCUT2D eigenvalue weighted by Gasteiger charge is -1.97. The molecule has 0 rings (SSSR count). The van der Waals surface area contributed by atoms with Crippen LogP contribution >= 0.6 is 0 Å². The van der Waals surface area contributed by atoms with Crippen molar-refractivity contribution in [3.05, 3.63) is 11.6 Å². The molecule has 0 unspecified atom stereocenters. The van der Waals surface area contributed by atoms with Crippen LogP contribution in [0.15, 0.2) is 11.6 Å². The Kier molecular flexibility index (Phi) is 4.63. The number of rotatable bonds is 4. The van der Waals surface area contributed by atoms with E-state index in [1.165, 1.54) is 0 Å². The molecule has 0 aliphatic carbocycles. The standard InChI is InChI=1S/C8H14O2/c1-3-5-6-7(4-2)8(9)10/h4H,3,5-6H2,1-2H3,(H,9,10)/b7-4-. The topological polar surface area (TPSA) is 37.3 Å². The number of carboxylic acids is 1. The Labute approximate surface area is 61.6 Å². The van der Waals surface area contributed by atoms with Crippen molar-refractivity contribution < 1.29 is 9.90 Å². The monoisotopic (exact) mass is 142 g/mol. The van der Waals surface area contributed by atoms with Crippen molar-refractivity contribution in [2.45, 2.75) is 33.1 Å². The second-order valence-electron chi connectivity index (χ2n) is 2.22. The molecule has 0 aliphatic heterocycles. The highest BCUT2D eigenvalue weighted by atomic mass is 16.4. The molecule has 0 saturated heterocycles. The SMILES string of the molecule is C/C=C(/CCCC)C(=O)O. The van der Waals surface area contributed by atoms with E-state index in [-0.39, 0.29) is 0 Å².